The van der Waals surface area contributed by atoms with E-state index < -0.39 is 16.8 Å². The van der Waals surface area contributed by atoms with Crippen molar-refractivity contribution in [3.63, 3.8) is 0 Å². The van der Waals surface area contributed by atoms with E-state index in [0.29, 0.717) is 12.2 Å². The SMILES string of the molecule is CC(O)(c1ccc(F)cn1)C1(CN)CCc2ccccc21. The molecule has 3 rings (SSSR count). The van der Waals surface area contributed by atoms with Gasteiger partial charge in [0.1, 0.15) is 11.4 Å². The lowest BCUT2D eigenvalue weighted by atomic mass is 9.67. The zero-order chi connectivity index (χ0) is 15.1. The third kappa shape index (κ3) is 1.98. The Hall–Kier alpha value is -1.78. The molecule has 2 atom stereocenters. The number of fused-ring (bicyclic) bond motifs is 1. The molecule has 4 heteroatoms. The van der Waals surface area contributed by atoms with Gasteiger partial charge in [0.25, 0.3) is 0 Å². The predicted molar refractivity (Wildman–Crippen MR) is 79.3 cm³/mol. The molecule has 3 nitrogen and oxygen atoms in total. The fourth-order valence-corrected chi connectivity index (χ4v) is 3.51. The van der Waals surface area contributed by atoms with Gasteiger partial charge in [0.15, 0.2) is 0 Å². The van der Waals surface area contributed by atoms with Crippen molar-refractivity contribution in [2.75, 3.05) is 6.54 Å². The van der Waals surface area contributed by atoms with Crippen molar-refractivity contribution in [1.29, 1.82) is 0 Å². The maximum Gasteiger partial charge on any atom is 0.141 e. The van der Waals surface area contributed by atoms with Crippen LogP contribution >= 0.6 is 0 Å². The molecule has 0 bridgehead atoms. The first-order chi connectivity index (χ1) is 10.0. The van der Waals surface area contributed by atoms with Crippen LogP contribution in [-0.4, -0.2) is 16.6 Å². The first kappa shape index (κ1) is 14.2. The van der Waals surface area contributed by atoms with Gasteiger partial charge in [-0.1, -0.05) is 24.3 Å². The maximum atomic E-state index is 13.1. The van der Waals surface area contributed by atoms with Crippen molar-refractivity contribution in [3.05, 3.63) is 65.2 Å². The number of hydrogen-bond donors (Lipinski definition) is 2. The summed E-state index contributed by atoms with van der Waals surface area (Å²) < 4.78 is 13.1. The van der Waals surface area contributed by atoms with Crippen LogP contribution in [0.1, 0.15) is 30.2 Å². The molecule has 1 aromatic carbocycles. The summed E-state index contributed by atoms with van der Waals surface area (Å²) in [6.45, 7) is 2.04. The van der Waals surface area contributed by atoms with Crippen LogP contribution in [0.25, 0.3) is 0 Å². The van der Waals surface area contributed by atoms with Crippen LogP contribution in [0.4, 0.5) is 4.39 Å². The molecule has 0 aliphatic heterocycles. The Kier molecular flexibility index (Phi) is 3.30. The number of nitrogens with zero attached hydrogens (tertiary/aromatic N) is 1. The van der Waals surface area contributed by atoms with Crippen LogP contribution in [0, 0.1) is 5.82 Å². The van der Waals surface area contributed by atoms with Crippen molar-refractivity contribution in [3.8, 4) is 0 Å². The van der Waals surface area contributed by atoms with Gasteiger partial charge < -0.3 is 10.8 Å². The van der Waals surface area contributed by atoms with E-state index in [4.69, 9.17) is 5.73 Å². The summed E-state index contributed by atoms with van der Waals surface area (Å²) in [5.74, 6) is -0.414. The second kappa shape index (κ2) is 4.90. The van der Waals surface area contributed by atoms with E-state index in [1.54, 1.807) is 6.92 Å². The van der Waals surface area contributed by atoms with Gasteiger partial charge in [-0.3, -0.25) is 4.98 Å². The molecular formula is C17H19FN2O. The summed E-state index contributed by atoms with van der Waals surface area (Å²) in [5, 5.41) is 11.2. The van der Waals surface area contributed by atoms with Crippen LogP contribution in [-0.2, 0) is 17.4 Å². The normalized spacial score (nSPS) is 23.6. The van der Waals surface area contributed by atoms with Crippen molar-refractivity contribution in [2.45, 2.75) is 30.8 Å². The molecule has 2 unspecified atom stereocenters. The number of aromatic nitrogens is 1. The first-order valence-electron chi connectivity index (χ1n) is 7.14. The van der Waals surface area contributed by atoms with Crippen LogP contribution in [0.2, 0.25) is 0 Å². The van der Waals surface area contributed by atoms with E-state index in [0.717, 1.165) is 24.6 Å². The van der Waals surface area contributed by atoms with Crippen LogP contribution in [0.3, 0.4) is 0 Å². The van der Waals surface area contributed by atoms with E-state index >= 15 is 0 Å². The van der Waals surface area contributed by atoms with E-state index in [1.165, 1.54) is 17.7 Å². The van der Waals surface area contributed by atoms with E-state index in [1.807, 2.05) is 18.2 Å². The van der Waals surface area contributed by atoms with Crippen LogP contribution in [0.5, 0.6) is 0 Å². The second-order valence-electron chi connectivity index (χ2n) is 5.88. The third-order valence-corrected chi connectivity index (χ3v) is 4.86. The van der Waals surface area contributed by atoms with Crippen LogP contribution < -0.4 is 5.73 Å². The van der Waals surface area contributed by atoms with Crippen molar-refractivity contribution in [1.82, 2.24) is 4.98 Å². The summed E-state index contributed by atoms with van der Waals surface area (Å²) >= 11 is 0. The summed E-state index contributed by atoms with van der Waals surface area (Å²) in [6, 6.07) is 10.9. The fraction of sp³-hybridized carbons (Fsp3) is 0.353. The van der Waals surface area contributed by atoms with Gasteiger partial charge in [0.2, 0.25) is 0 Å². The molecule has 1 aliphatic rings. The number of benzene rings is 1. The Bertz CT molecular complexity index is 654. The molecule has 21 heavy (non-hydrogen) atoms. The maximum absolute atomic E-state index is 13.1. The molecule has 0 radical (unpaired) electrons. The predicted octanol–water partition coefficient (Wildman–Crippen LogP) is 2.27. The molecule has 0 saturated heterocycles. The molecular weight excluding hydrogens is 267 g/mol. The van der Waals surface area contributed by atoms with E-state index in [-0.39, 0.29) is 0 Å². The van der Waals surface area contributed by atoms with Crippen molar-refractivity contribution >= 4 is 0 Å². The Balaban J connectivity index is 2.14. The average Bonchev–Trinajstić information content (AvgIpc) is 2.88. The Morgan fingerprint density at radius 1 is 1.33 bits per heavy atom. The minimum atomic E-state index is -1.25. The highest BCUT2D eigenvalue weighted by Crippen LogP contribution is 2.49. The standard InChI is InChI=1S/C17H19FN2O/c1-16(21,15-7-6-13(18)10-20-15)17(11-19)9-8-12-4-2-3-5-14(12)17/h2-7,10,21H,8-9,11,19H2,1H3. The number of aryl methyl sites for hydroxylation is 1. The molecule has 1 heterocycles. The first-order valence-corrected chi connectivity index (χ1v) is 7.14. The fourth-order valence-electron chi connectivity index (χ4n) is 3.51. The van der Waals surface area contributed by atoms with Gasteiger partial charge in [-0.05, 0) is 43.0 Å². The van der Waals surface area contributed by atoms with Gasteiger partial charge >= 0.3 is 0 Å². The van der Waals surface area contributed by atoms with Gasteiger partial charge in [-0.25, -0.2) is 4.39 Å². The quantitative estimate of drug-likeness (QED) is 0.910. The van der Waals surface area contributed by atoms with E-state index in [9.17, 15) is 9.50 Å². The number of aliphatic hydroxyl groups is 1. The largest absolute Gasteiger partial charge is 0.383 e. The molecule has 2 aromatic rings. The molecule has 0 fully saturated rings. The zero-order valence-corrected chi connectivity index (χ0v) is 12.0. The topological polar surface area (TPSA) is 59.1 Å². The molecule has 0 saturated carbocycles. The van der Waals surface area contributed by atoms with Crippen molar-refractivity contribution in [2.24, 2.45) is 5.73 Å². The van der Waals surface area contributed by atoms with Crippen molar-refractivity contribution < 1.29 is 9.50 Å². The minimum Gasteiger partial charge on any atom is -0.383 e. The molecule has 3 N–H and O–H groups in total. The molecule has 1 aliphatic carbocycles. The van der Waals surface area contributed by atoms with Gasteiger partial charge in [-0.15, -0.1) is 0 Å². The minimum absolute atomic E-state index is 0.316. The number of halogens is 1. The highest BCUT2D eigenvalue weighted by molar-refractivity contribution is 5.44. The number of nitrogens with two attached hydrogens (primary N) is 1. The molecule has 110 valence electrons. The summed E-state index contributed by atoms with van der Waals surface area (Å²) in [5.41, 5.74) is 6.97. The zero-order valence-electron chi connectivity index (χ0n) is 12.0. The highest BCUT2D eigenvalue weighted by Gasteiger charge is 2.52. The average molecular weight is 286 g/mol. The monoisotopic (exact) mass is 286 g/mol. The summed E-state index contributed by atoms with van der Waals surface area (Å²) in [7, 11) is 0. The summed E-state index contributed by atoms with van der Waals surface area (Å²) in [4.78, 5) is 4.08. The second-order valence-corrected chi connectivity index (χ2v) is 5.88. The lowest BCUT2D eigenvalue weighted by Gasteiger charge is -2.42. The Morgan fingerprint density at radius 3 is 2.76 bits per heavy atom. The number of rotatable bonds is 3. The third-order valence-electron chi connectivity index (χ3n) is 4.86. The summed E-state index contributed by atoms with van der Waals surface area (Å²) in [6.07, 6.45) is 2.77. The Morgan fingerprint density at radius 2 is 2.10 bits per heavy atom. The van der Waals surface area contributed by atoms with E-state index in [2.05, 4.69) is 11.1 Å². The smallest absolute Gasteiger partial charge is 0.141 e. The lowest BCUT2D eigenvalue weighted by Crippen LogP contribution is -2.51. The lowest BCUT2D eigenvalue weighted by molar-refractivity contribution is -0.0298. The van der Waals surface area contributed by atoms with Gasteiger partial charge in [0, 0.05) is 12.0 Å². The number of pyridine rings is 1. The van der Waals surface area contributed by atoms with Gasteiger partial charge in [0.05, 0.1) is 11.9 Å². The Labute approximate surface area is 123 Å². The number of hydrogen-bond acceptors (Lipinski definition) is 3. The van der Waals surface area contributed by atoms with Gasteiger partial charge in [-0.2, -0.15) is 0 Å². The van der Waals surface area contributed by atoms with Crippen LogP contribution in [0.15, 0.2) is 42.6 Å². The molecule has 1 aromatic heterocycles. The highest BCUT2D eigenvalue weighted by atomic mass is 19.1. The molecule has 0 amide bonds. The molecule has 0 spiro atoms.